The van der Waals surface area contributed by atoms with Crippen molar-refractivity contribution in [2.75, 3.05) is 11.1 Å². The van der Waals surface area contributed by atoms with Crippen LogP contribution < -0.4 is 5.32 Å². The molecule has 0 radical (unpaired) electrons. The lowest BCUT2D eigenvalue weighted by atomic mass is 10.2. The minimum Gasteiger partial charge on any atom is -0.478 e. The second-order valence-electron chi connectivity index (χ2n) is 4.80. The van der Waals surface area contributed by atoms with E-state index in [1.54, 1.807) is 12.1 Å². The fraction of sp³-hybridized carbons (Fsp3) is 0.176. The second kappa shape index (κ2) is 7.66. The first-order valence-corrected chi connectivity index (χ1v) is 7.91. The van der Waals surface area contributed by atoms with Gasteiger partial charge in [-0.1, -0.05) is 36.4 Å². The average Bonchev–Trinajstić information content (AvgIpc) is 2.53. The lowest BCUT2D eigenvalue weighted by molar-refractivity contribution is -0.113. The van der Waals surface area contributed by atoms with Crippen LogP contribution >= 0.6 is 11.8 Å². The predicted molar refractivity (Wildman–Crippen MR) is 89.3 cm³/mol. The Bertz CT molecular complexity index is 658. The van der Waals surface area contributed by atoms with E-state index in [0.29, 0.717) is 11.4 Å². The summed E-state index contributed by atoms with van der Waals surface area (Å²) in [5.41, 5.74) is 1.83. The van der Waals surface area contributed by atoms with Gasteiger partial charge in [0.25, 0.3) is 0 Å². The molecule has 2 aromatic carbocycles. The number of carbonyl (C=O) groups is 2. The Hall–Kier alpha value is -2.27. The van der Waals surface area contributed by atoms with Gasteiger partial charge in [0.2, 0.25) is 5.91 Å². The van der Waals surface area contributed by atoms with Crippen molar-refractivity contribution in [2.24, 2.45) is 0 Å². The number of thioether (sulfide) groups is 1. The fourth-order valence-electron chi connectivity index (χ4n) is 1.95. The van der Waals surface area contributed by atoms with E-state index in [9.17, 15) is 9.59 Å². The number of carboxylic acid groups (broad SMARTS) is 1. The molecule has 0 fully saturated rings. The number of anilines is 1. The third-order valence-corrected chi connectivity index (χ3v) is 4.33. The van der Waals surface area contributed by atoms with Crippen molar-refractivity contribution in [3.8, 4) is 0 Å². The number of carbonyl (C=O) groups excluding carboxylic acids is 1. The number of nitrogens with one attached hydrogen (secondary N) is 1. The van der Waals surface area contributed by atoms with Crippen LogP contribution in [0.2, 0.25) is 0 Å². The van der Waals surface area contributed by atoms with Crippen molar-refractivity contribution in [1.82, 2.24) is 0 Å². The highest BCUT2D eigenvalue weighted by molar-refractivity contribution is 8.00. The van der Waals surface area contributed by atoms with E-state index in [4.69, 9.17) is 5.11 Å². The molecule has 0 aromatic heterocycles. The van der Waals surface area contributed by atoms with E-state index in [0.717, 1.165) is 0 Å². The maximum absolute atomic E-state index is 12.0. The van der Waals surface area contributed by atoms with Crippen molar-refractivity contribution in [3.63, 3.8) is 0 Å². The van der Waals surface area contributed by atoms with Gasteiger partial charge in [-0.15, -0.1) is 11.8 Å². The highest BCUT2D eigenvalue weighted by atomic mass is 32.2. The number of benzene rings is 2. The molecule has 0 aliphatic heterocycles. The molecule has 2 rings (SSSR count). The molecule has 1 amide bonds. The summed E-state index contributed by atoms with van der Waals surface area (Å²) in [5, 5.41) is 11.9. The van der Waals surface area contributed by atoms with Crippen LogP contribution in [0.5, 0.6) is 0 Å². The van der Waals surface area contributed by atoms with E-state index in [-0.39, 0.29) is 16.7 Å². The average molecular weight is 315 g/mol. The number of rotatable bonds is 6. The number of amides is 1. The molecule has 114 valence electrons. The molecule has 1 atom stereocenters. The van der Waals surface area contributed by atoms with Crippen molar-refractivity contribution < 1.29 is 14.7 Å². The Morgan fingerprint density at radius 1 is 1.14 bits per heavy atom. The summed E-state index contributed by atoms with van der Waals surface area (Å²) in [4.78, 5) is 22.8. The number of carboxylic acids is 1. The number of aromatic carboxylic acids is 1. The van der Waals surface area contributed by atoms with Crippen LogP contribution in [0, 0.1) is 0 Å². The van der Waals surface area contributed by atoms with Gasteiger partial charge in [-0.2, -0.15) is 0 Å². The van der Waals surface area contributed by atoms with Crippen molar-refractivity contribution in [3.05, 3.63) is 65.7 Å². The molecular formula is C17H17NO3S. The van der Waals surface area contributed by atoms with Crippen LogP contribution in [0.1, 0.15) is 28.1 Å². The number of hydrogen-bond acceptors (Lipinski definition) is 3. The summed E-state index contributed by atoms with van der Waals surface area (Å²) in [6.07, 6.45) is 0. The Morgan fingerprint density at radius 2 is 1.86 bits per heavy atom. The summed E-state index contributed by atoms with van der Waals surface area (Å²) in [7, 11) is 0. The molecule has 22 heavy (non-hydrogen) atoms. The fourth-order valence-corrected chi connectivity index (χ4v) is 2.77. The molecule has 2 N–H and O–H groups in total. The molecule has 0 aliphatic carbocycles. The summed E-state index contributed by atoms with van der Waals surface area (Å²) >= 11 is 1.54. The van der Waals surface area contributed by atoms with Crippen LogP contribution in [-0.2, 0) is 4.79 Å². The minimum absolute atomic E-state index is 0.143. The van der Waals surface area contributed by atoms with Crippen LogP contribution in [0.15, 0.2) is 54.6 Å². The maximum Gasteiger partial charge on any atom is 0.335 e. The first kappa shape index (κ1) is 16.1. The molecule has 0 aliphatic rings. The Labute approximate surface area is 133 Å². The zero-order chi connectivity index (χ0) is 15.9. The smallest absolute Gasteiger partial charge is 0.335 e. The quantitative estimate of drug-likeness (QED) is 0.850. The molecular weight excluding hydrogens is 298 g/mol. The lowest BCUT2D eigenvalue weighted by Crippen LogP contribution is -2.15. The first-order chi connectivity index (χ1) is 10.6. The van der Waals surface area contributed by atoms with E-state index in [2.05, 4.69) is 12.2 Å². The minimum atomic E-state index is -1.01. The third-order valence-electron chi connectivity index (χ3n) is 3.13. The van der Waals surface area contributed by atoms with E-state index in [1.807, 2.05) is 30.3 Å². The van der Waals surface area contributed by atoms with Crippen molar-refractivity contribution in [2.45, 2.75) is 12.2 Å². The van der Waals surface area contributed by atoms with Gasteiger partial charge in [0.15, 0.2) is 0 Å². The van der Waals surface area contributed by atoms with Gasteiger partial charge in [-0.05, 0) is 30.7 Å². The largest absolute Gasteiger partial charge is 0.478 e. The van der Waals surface area contributed by atoms with E-state index < -0.39 is 5.97 Å². The van der Waals surface area contributed by atoms with Gasteiger partial charge in [-0.25, -0.2) is 4.79 Å². The second-order valence-corrected chi connectivity index (χ2v) is 6.13. The van der Waals surface area contributed by atoms with Gasteiger partial charge in [0, 0.05) is 10.9 Å². The highest BCUT2D eigenvalue weighted by Crippen LogP contribution is 2.27. The third kappa shape index (κ3) is 4.63. The molecule has 0 spiro atoms. The normalized spacial score (nSPS) is 11.7. The summed E-state index contributed by atoms with van der Waals surface area (Å²) in [5.74, 6) is -0.841. The van der Waals surface area contributed by atoms with Gasteiger partial charge < -0.3 is 10.4 Å². The monoisotopic (exact) mass is 315 g/mol. The van der Waals surface area contributed by atoms with Gasteiger partial charge in [-0.3, -0.25) is 4.79 Å². The topological polar surface area (TPSA) is 66.4 Å². The van der Waals surface area contributed by atoms with Gasteiger partial charge in [0.05, 0.1) is 11.3 Å². The Morgan fingerprint density at radius 3 is 2.55 bits per heavy atom. The van der Waals surface area contributed by atoms with Crippen LogP contribution in [0.4, 0.5) is 5.69 Å². The van der Waals surface area contributed by atoms with Crippen LogP contribution in [0.25, 0.3) is 0 Å². The zero-order valence-electron chi connectivity index (χ0n) is 12.2. The summed E-state index contributed by atoms with van der Waals surface area (Å²) in [6.45, 7) is 2.05. The van der Waals surface area contributed by atoms with Gasteiger partial charge in [0.1, 0.15) is 0 Å². The van der Waals surface area contributed by atoms with Gasteiger partial charge >= 0.3 is 5.97 Å². The molecule has 0 saturated carbocycles. The maximum atomic E-state index is 12.0. The molecule has 2 aromatic rings. The Balaban J connectivity index is 1.88. The SMILES string of the molecule is CC(SCC(=O)Nc1cccc(C(=O)O)c1)c1ccccc1. The zero-order valence-corrected chi connectivity index (χ0v) is 13.0. The molecule has 1 unspecified atom stereocenters. The molecule has 0 bridgehead atoms. The first-order valence-electron chi connectivity index (χ1n) is 6.86. The van der Waals surface area contributed by atoms with Crippen molar-refractivity contribution in [1.29, 1.82) is 0 Å². The molecule has 0 saturated heterocycles. The van der Waals surface area contributed by atoms with Crippen LogP contribution in [0.3, 0.4) is 0 Å². The molecule has 5 heteroatoms. The summed E-state index contributed by atoms with van der Waals surface area (Å²) < 4.78 is 0. The Kier molecular flexibility index (Phi) is 5.61. The van der Waals surface area contributed by atoms with Crippen molar-refractivity contribution >= 4 is 29.3 Å². The molecule has 0 heterocycles. The van der Waals surface area contributed by atoms with E-state index >= 15 is 0 Å². The summed E-state index contributed by atoms with van der Waals surface area (Å²) in [6, 6.07) is 16.2. The van der Waals surface area contributed by atoms with Crippen LogP contribution in [-0.4, -0.2) is 22.7 Å². The van der Waals surface area contributed by atoms with E-state index in [1.165, 1.54) is 29.5 Å². The molecule has 4 nitrogen and oxygen atoms in total. The predicted octanol–water partition coefficient (Wildman–Crippen LogP) is 3.82. The highest BCUT2D eigenvalue weighted by Gasteiger charge is 2.10. The number of hydrogen-bond donors (Lipinski definition) is 2. The standard InChI is InChI=1S/C17H17NO3S/c1-12(13-6-3-2-4-7-13)22-11-16(19)18-15-9-5-8-14(10-15)17(20)21/h2-10,12H,11H2,1H3,(H,18,19)(H,20,21). The lowest BCUT2D eigenvalue weighted by Gasteiger charge is -2.11.